The minimum atomic E-state index is -4.27. The van der Waals surface area contributed by atoms with Crippen molar-refractivity contribution in [2.24, 2.45) is 10.2 Å². The maximum Gasteiger partial charge on any atom is 0.530 e. The SMILES string of the molecule is Cc1cn([C@H]2C[C@H](N=[N+]=[N-])[C@@H](COP3(=O)OCc4cc5c(cc4O3)COP(=O)(OC[C@H]3O[C@@H](n4cc(C)c(=O)[nH]c4=O)C[C@@H]3N=[N+]=[N-])O5)O2)c(=O)[nH]c1=O. The Kier molecular flexibility index (Phi) is 10.2. The van der Waals surface area contributed by atoms with Crippen molar-refractivity contribution in [1.82, 2.24) is 19.1 Å². The first-order valence-corrected chi connectivity index (χ1v) is 19.1. The minimum absolute atomic E-state index is 0.0540. The van der Waals surface area contributed by atoms with Crippen molar-refractivity contribution in [2.75, 3.05) is 13.2 Å². The van der Waals surface area contributed by atoms with Gasteiger partial charge in [-0.25, -0.2) is 18.7 Å². The van der Waals surface area contributed by atoms with Crippen LogP contribution in [0.25, 0.3) is 20.9 Å². The molecule has 1 aromatic carbocycles. The summed E-state index contributed by atoms with van der Waals surface area (Å²) in [5, 5.41) is 7.42. The molecular weight excluding hydrogens is 762 g/mol. The highest BCUT2D eigenvalue weighted by molar-refractivity contribution is 7.49. The Bertz CT molecular complexity index is 2270. The molecule has 4 aliphatic rings. The number of phosphoric ester groups is 2. The molecule has 0 spiro atoms. The van der Waals surface area contributed by atoms with E-state index in [1.807, 2.05) is 0 Å². The van der Waals surface area contributed by atoms with Gasteiger partial charge in [-0.05, 0) is 37.0 Å². The van der Waals surface area contributed by atoms with Gasteiger partial charge in [0.2, 0.25) is 0 Å². The highest BCUT2D eigenvalue weighted by Crippen LogP contribution is 2.59. The first-order valence-electron chi connectivity index (χ1n) is 16.1. The van der Waals surface area contributed by atoms with Gasteiger partial charge in [0.25, 0.3) is 11.1 Å². The van der Waals surface area contributed by atoms with E-state index < -0.39 is 88.1 Å². The molecule has 0 saturated carbocycles. The molecule has 8 atom stereocenters. The summed E-state index contributed by atoms with van der Waals surface area (Å²) in [5.41, 5.74) is 16.8. The number of H-pyrrole nitrogens is 2. The van der Waals surface area contributed by atoms with Crippen LogP contribution in [-0.4, -0.2) is 56.6 Å². The van der Waals surface area contributed by atoms with E-state index in [1.54, 1.807) is 0 Å². The molecule has 2 saturated heterocycles. The summed E-state index contributed by atoms with van der Waals surface area (Å²) in [6.07, 6.45) is -1.05. The summed E-state index contributed by atoms with van der Waals surface area (Å²) < 4.78 is 74.3. The molecule has 2 N–H and O–H groups in total. The molecule has 26 heteroatoms. The van der Waals surface area contributed by atoms with Gasteiger partial charge in [0.1, 0.15) is 24.0 Å². The Balaban J connectivity index is 0.987. The molecule has 0 aliphatic carbocycles. The highest BCUT2D eigenvalue weighted by atomic mass is 31.2. The van der Waals surface area contributed by atoms with Crippen molar-refractivity contribution in [3.05, 3.63) is 109 Å². The molecule has 24 nitrogen and oxygen atoms in total. The number of azide groups is 2. The van der Waals surface area contributed by atoms with Gasteiger partial charge in [-0.3, -0.25) is 46.8 Å². The number of hydrogen-bond donors (Lipinski definition) is 2. The van der Waals surface area contributed by atoms with E-state index in [2.05, 4.69) is 30.0 Å². The second-order valence-corrected chi connectivity index (χ2v) is 15.7. The average molecular weight is 793 g/mol. The van der Waals surface area contributed by atoms with Gasteiger partial charge in [-0.15, -0.1) is 0 Å². The van der Waals surface area contributed by atoms with E-state index in [1.165, 1.54) is 38.4 Å². The third kappa shape index (κ3) is 7.53. The summed E-state index contributed by atoms with van der Waals surface area (Å²) in [6.45, 7) is 1.60. The number of hydrogen-bond acceptors (Lipinski definition) is 16. The molecule has 2 aromatic heterocycles. The summed E-state index contributed by atoms with van der Waals surface area (Å²) >= 11 is 0. The van der Waals surface area contributed by atoms with Gasteiger partial charge in [0, 0.05) is 57.3 Å². The molecule has 3 aromatic rings. The Morgan fingerprint density at radius 2 is 1.17 bits per heavy atom. The molecule has 7 rings (SSSR count). The quantitative estimate of drug-likeness (QED) is 0.129. The maximum atomic E-state index is 13.5. The molecular formula is C28H30N10O14P2. The lowest BCUT2D eigenvalue weighted by Gasteiger charge is -2.30. The molecule has 286 valence electrons. The molecule has 54 heavy (non-hydrogen) atoms. The largest absolute Gasteiger partial charge is 0.530 e. The minimum Gasteiger partial charge on any atom is -0.404 e. The number of aromatic nitrogens is 4. The molecule has 0 amide bonds. The Labute approximate surface area is 301 Å². The predicted molar refractivity (Wildman–Crippen MR) is 179 cm³/mol. The van der Waals surface area contributed by atoms with E-state index in [-0.39, 0.29) is 48.7 Å². The van der Waals surface area contributed by atoms with Gasteiger partial charge in [-0.1, -0.05) is 10.2 Å². The fourth-order valence-corrected chi connectivity index (χ4v) is 8.57. The lowest BCUT2D eigenvalue weighted by Crippen LogP contribution is -2.33. The van der Waals surface area contributed by atoms with Gasteiger partial charge >= 0.3 is 27.0 Å². The second kappa shape index (κ2) is 14.7. The first kappa shape index (κ1) is 37.3. The summed E-state index contributed by atoms with van der Waals surface area (Å²) in [5.74, 6) is 0.186. The number of benzene rings is 1. The number of nitrogens with zero attached hydrogens (tertiary/aromatic N) is 8. The Hall–Kier alpha value is -4.98. The number of aryl methyl sites for hydroxylation is 2. The van der Waals surface area contributed by atoms with Gasteiger partial charge in [0.05, 0.1) is 50.7 Å². The van der Waals surface area contributed by atoms with Crippen molar-refractivity contribution in [2.45, 2.75) is 76.7 Å². The topological polar surface area (TPSA) is 315 Å². The van der Waals surface area contributed by atoms with Crippen molar-refractivity contribution < 1.29 is 45.7 Å². The third-order valence-electron chi connectivity index (χ3n) is 8.93. The van der Waals surface area contributed by atoms with E-state index in [0.717, 1.165) is 9.13 Å². The van der Waals surface area contributed by atoms with Gasteiger partial charge in [-0.2, -0.15) is 0 Å². The molecule has 6 heterocycles. The standard InChI is InChI=1S/C28H30N10O14P2/c1-13-7-37(27(41)31-25(13)39)23-5-17(33-35-29)21(49-23)11-47-53(43)45-9-15-4-20-16(3-19(15)51-53)10-46-54(44,52-20)48-12-22-18(34-36-30)6-24(50-22)38-8-14(2)26(40)32-28(38)42/h3-4,7-8,17-18,21-24H,5-6,9-12H2,1-2H3,(H,31,39,41)(H,32,40,42)/t17-,18-,21+,22+,23+,24+,53?,54?/m0/s1. The molecule has 0 radical (unpaired) electrons. The summed E-state index contributed by atoms with van der Waals surface area (Å²) in [6, 6.07) is 1.21. The van der Waals surface area contributed by atoms with E-state index in [9.17, 15) is 28.3 Å². The smallest absolute Gasteiger partial charge is 0.404 e. The maximum absolute atomic E-state index is 13.5. The van der Waals surface area contributed by atoms with Crippen LogP contribution in [0.2, 0.25) is 0 Å². The number of rotatable bonds is 10. The van der Waals surface area contributed by atoms with Crippen LogP contribution in [-0.2, 0) is 49.9 Å². The lowest BCUT2D eigenvalue weighted by molar-refractivity contribution is -0.0291. The van der Waals surface area contributed by atoms with Crippen LogP contribution in [0.4, 0.5) is 0 Å². The Morgan fingerprint density at radius 3 is 1.56 bits per heavy atom. The number of nitrogens with one attached hydrogen (secondary N) is 2. The highest BCUT2D eigenvalue weighted by Gasteiger charge is 2.44. The van der Waals surface area contributed by atoms with Crippen molar-refractivity contribution in [3.8, 4) is 11.5 Å². The van der Waals surface area contributed by atoms with Gasteiger partial charge in [0.15, 0.2) is 0 Å². The number of phosphoric acid groups is 2. The van der Waals surface area contributed by atoms with Crippen LogP contribution in [0.3, 0.4) is 0 Å². The van der Waals surface area contributed by atoms with Crippen molar-refractivity contribution in [1.29, 1.82) is 0 Å². The van der Waals surface area contributed by atoms with Crippen LogP contribution in [0.1, 0.15) is 47.6 Å². The molecule has 2 unspecified atom stereocenters. The van der Waals surface area contributed by atoms with Crippen LogP contribution >= 0.6 is 15.6 Å². The fraction of sp³-hybridized carbons (Fsp3) is 0.500. The second-order valence-electron chi connectivity index (χ2n) is 12.5. The zero-order valence-electron chi connectivity index (χ0n) is 28.2. The average Bonchev–Trinajstić information content (AvgIpc) is 3.73. The fourth-order valence-electron chi connectivity index (χ4n) is 6.13. The number of aromatic amines is 2. The zero-order valence-corrected chi connectivity index (χ0v) is 30.0. The lowest BCUT2D eigenvalue weighted by atomic mass is 10.1. The molecule has 0 bridgehead atoms. The van der Waals surface area contributed by atoms with Crippen LogP contribution in [0.5, 0.6) is 11.5 Å². The van der Waals surface area contributed by atoms with Crippen LogP contribution < -0.4 is 31.5 Å². The number of ether oxygens (including phenoxy) is 2. The first-order chi connectivity index (χ1) is 25.8. The van der Waals surface area contributed by atoms with Crippen molar-refractivity contribution in [3.63, 3.8) is 0 Å². The van der Waals surface area contributed by atoms with Crippen LogP contribution in [0, 0.1) is 13.8 Å². The predicted octanol–water partition coefficient (Wildman–Crippen LogP) is 3.40. The normalized spacial score (nSPS) is 29.9. The summed E-state index contributed by atoms with van der Waals surface area (Å²) in [4.78, 5) is 58.4. The molecule has 4 aliphatic heterocycles. The van der Waals surface area contributed by atoms with Gasteiger partial charge < -0.3 is 18.5 Å². The Morgan fingerprint density at radius 1 is 0.759 bits per heavy atom. The van der Waals surface area contributed by atoms with E-state index in [4.69, 9.17) is 47.7 Å². The zero-order chi connectivity index (χ0) is 38.4. The third-order valence-corrected chi connectivity index (χ3v) is 11.6. The van der Waals surface area contributed by atoms with Crippen LogP contribution in [0.15, 0.2) is 53.9 Å². The summed E-state index contributed by atoms with van der Waals surface area (Å²) in [7, 11) is -8.54. The number of fused-ring (bicyclic) bond motifs is 2. The van der Waals surface area contributed by atoms with E-state index in [0.29, 0.717) is 11.1 Å². The monoisotopic (exact) mass is 792 g/mol. The van der Waals surface area contributed by atoms with E-state index >= 15 is 0 Å². The molecule has 2 fully saturated rings. The van der Waals surface area contributed by atoms with Crippen molar-refractivity contribution >= 4 is 15.6 Å².